The van der Waals surface area contributed by atoms with Gasteiger partial charge in [-0.05, 0) is 49.2 Å². The van der Waals surface area contributed by atoms with Crippen molar-refractivity contribution in [1.29, 1.82) is 0 Å². The number of hydrogen-bond donors (Lipinski definition) is 2. The van der Waals surface area contributed by atoms with Crippen molar-refractivity contribution >= 4 is 34.0 Å². The molecule has 4 aromatic rings. The molecule has 0 fully saturated rings. The predicted molar refractivity (Wildman–Crippen MR) is 139 cm³/mol. The van der Waals surface area contributed by atoms with Gasteiger partial charge in [0.15, 0.2) is 5.13 Å². The minimum absolute atomic E-state index is 0.185. The molecule has 184 valence electrons. The topological polar surface area (TPSA) is 82.5 Å². The van der Waals surface area contributed by atoms with E-state index in [4.69, 9.17) is 0 Å². The number of carboxylic acid groups (broad SMARTS) is 1. The zero-order valence-electron chi connectivity index (χ0n) is 19.9. The van der Waals surface area contributed by atoms with Crippen molar-refractivity contribution in [3.8, 4) is 0 Å². The maximum atomic E-state index is 14.7. The Kier molecular flexibility index (Phi) is 7.75. The van der Waals surface area contributed by atoms with Crippen LogP contribution >= 0.6 is 11.3 Å². The monoisotopic (exact) mass is 503 g/mol. The molecule has 1 unspecified atom stereocenters. The summed E-state index contributed by atoms with van der Waals surface area (Å²) in [6.45, 7) is 4.25. The first-order chi connectivity index (χ1) is 17.3. The third-order valence-corrected chi connectivity index (χ3v) is 6.93. The highest BCUT2D eigenvalue weighted by molar-refractivity contribution is 7.15. The largest absolute Gasteiger partial charge is 0.480 e. The normalized spacial score (nSPS) is 11.6. The zero-order valence-corrected chi connectivity index (χ0v) is 20.8. The van der Waals surface area contributed by atoms with Crippen LogP contribution in [0.5, 0.6) is 0 Å². The van der Waals surface area contributed by atoms with Crippen LogP contribution in [0.1, 0.15) is 32.1 Å². The highest BCUT2D eigenvalue weighted by Crippen LogP contribution is 2.34. The molecule has 6 nitrogen and oxygen atoms in total. The van der Waals surface area contributed by atoms with E-state index in [0.717, 1.165) is 21.7 Å². The number of aliphatic carboxylic acids is 1. The second-order valence-electron chi connectivity index (χ2n) is 8.43. The third kappa shape index (κ3) is 5.95. The number of halogens is 1. The van der Waals surface area contributed by atoms with Gasteiger partial charge < -0.3 is 15.3 Å². The quantitative estimate of drug-likeness (QED) is 0.308. The van der Waals surface area contributed by atoms with E-state index < -0.39 is 17.9 Å². The molecule has 0 aliphatic rings. The van der Waals surface area contributed by atoms with E-state index in [-0.39, 0.29) is 12.2 Å². The molecule has 0 bridgehead atoms. The highest BCUT2D eigenvalue weighted by atomic mass is 32.1. The molecule has 8 heteroatoms. The predicted octanol–water partition coefficient (Wildman–Crippen LogP) is 5.66. The van der Waals surface area contributed by atoms with Crippen LogP contribution in [0.3, 0.4) is 0 Å². The van der Waals surface area contributed by atoms with Gasteiger partial charge in [0, 0.05) is 16.9 Å². The maximum Gasteiger partial charge on any atom is 0.326 e. The maximum absolute atomic E-state index is 14.7. The first-order valence-corrected chi connectivity index (χ1v) is 12.3. The number of thiazole rings is 1. The van der Waals surface area contributed by atoms with E-state index in [1.807, 2.05) is 49.1 Å². The van der Waals surface area contributed by atoms with Crippen LogP contribution in [0.15, 0.2) is 78.9 Å². The number of carboxylic acids is 1. The number of rotatable bonds is 9. The summed E-state index contributed by atoms with van der Waals surface area (Å²) in [5.41, 5.74) is 3.32. The lowest BCUT2D eigenvalue weighted by Gasteiger charge is -2.23. The van der Waals surface area contributed by atoms with Crippen molar-refractivity contribution in [3.63, 3.8) is 0 Å². The average Bonchev–Trinajstić information content (AvgIpc) is 3.21. The Labute approximate surface area is 213 Å². The van der Waals surface area contributed by atoms with Gasteiger partial charge in [0.25, 0.3) is 5.91 Å². The van der Waals surface area contributed by atoms with Gasteiger partial charge in [-0.25, -0.2) is 14.2 Å². The van der Waals surface area contributed by atoms with Gasteiger partial charge in [-0.1, -0.05) is 54.6 Å². The third-order valence-electron chi connectivity index (χ3n) is 5.83. The number of nitrogens with zero attached hydrogens (tertiary/aromatic N) is 2. The molecule has 3 aromatic carbocycles. The summed E-state index contributed by atoms with van der Waals surface area (Å²) in [6.07, 6.45) is 0.185. The average molecular weight is 504 g/mol. The van der Waals surface area contributed by atoms with E-state index >= 15 is 0 Å². The second kappa shape index (κ2) is 11.1. The zero-order chi connectivity index (χ0) is 25.7. The number of aromatic nitrogens is 1. The van der Waals surface area contributed by atoms with Crippen molar-refractivity contribution in [3.05, 3.63) is 112 Å². The Bertz CT molecular complexity index is 1340. The van der Waals surface area contributed by atoms with Crippen LogP contribution < -0.4 is 10.2 Å². The number of nitrogens with one attached hydrogen (secondary N) is 1. The fourth-order valence-corrected chi connectivity index (χ4v) is 4.66. The van der Waals surface area contributed by atoms with Crippen LogP contribution in [-0.2, 0) is 17.8 Å². The summed E-state index contributed by atoms with van der Waals surface area (Å²) < 4.78 is 14.7. The van der Waals surface area contributed by atoms with Crippen LogP contribution in [0.2, 0.25) is 0 Å². The Hall–Kier alpha value is -4.04. The number of amides is 1. The minimum atomic E-state index is -1.10. The van der Waals surface area contributed by atoms with E-state index in [1.165, 1.54) is 17.4 Å². The fourth-order valence-electron chi connectivity index (χ4n) is 3.73. The smallest absolute Gasteiger partial charge is 0.326 e. The Morgan fingerprint density at radius 1 is 0.972 bits per heavy atom. The highest BCUT2D eigenvalue weighted by Gasteiger charge is 2.22. The molecule has 36 heavy (non-hydrogen) atoms. The first-order valence-electron chi connectivity index (χ1n) is 11.4. The van der Waals surface area contributed by atoms with Crippen LogP contribution in [-0.4, -0.2) is 28.0 Å². The molecule has 0 spiro atoms. The molecule has 2 N–H and O–H groups in total. The number of carbonyl (C=O) groups excluding carboxylic acids is 1. The SMILES string of the molecule is Cc1nc(N(Cc2ccc(C(=O)NC(Cc3ccccc3)C(=O)O)cc2)c2ccccc2F)sc1C. The second-order valence-corrected chi connectivity index (χ2v) is 9.61. The van der Waals surface area contributed by atoms with Gasteiger partial charge in [-0.3, -0.25) is 4.79 Å². The molecule has 0 aliphatic heterocycles. The van der Waals surface area contributed by atoms with E-state index in [1.54, 1.807) is 42.5 Å². The number of carbonyl (C=O) groups is 2. The Morgan fingerprint density at radius 3 is 2.25 bits per heavy atom. The number of hydrogen-bond acceptors (Lipinski definition) is 5. The van der Waals surface area contributed by atoms with Crippen LogP contribution in [0.4, 0.5) is 15.2 Å². The molecule has 0 aliphatic carbocycles. The summed E-state index contributed by atoms with van der Waals surface area (Å²) >= 11 is 1.49. The van der Waals surface area contributed by atoms with Gasteiger partial charge in [0.1, 0.15) is 11.9 Å². The Morgan fingerprint density at radius 2 is 1.64 bits per heavy atom. The lowest BCUT2D eigenvalue weighted by Crippen LogP contribution is -2.42. The summed E-state index contributed by atoms with van der Waals surface area (Å²) in [7, 11) is 0. The summed E-state index contributed by atoms with van der Waals surface area (Å²) in [5.74, 6) is -1.92. The fraction of sp³-hybridized carbons (Fsp3) is 0.179. The minimum Gasteiger partial charge on any atom is -0.480 e. The van der Waals surface area contributed by atoms with Gasteiger partial charge in [0.05, 0.1) is 17.9 Å². The molecule has 1 amide bonds. The van der Waals surface area contributed by atoms with E-state index in [9.17, 15) is 19.1 Å². The molecule has 1 atom stereocenters. The molecular formula is C28H26FN3O3S. The standard InChI is InChI=1S/C28H26FN3O3S/c1-18-19(2)36-28(30-18)32(25-11-7-6-10-23(25)29)17-21-12-14-22(15-13-21)26(33)31-24(27(34)35)16-20-8-4-3-5-9-20/h3-15,24H,16-17H2,1-2H3,(H,31,33)(H,34,35). The van der Waals surface area contributed by atoms with Crippen molar-refractivity contribution in [2.75, 3.05) is 4.90 Å². The lowest BCUT2D eigenvalue weighted by molar-refractivity contribution is -0.139. The Balaban J connectivity index is 1.51. The van der Waals surface area contributed by atoms with E-state index in [0.29, 0.717) is 22.9 Å². The van der Waals surface area contributed by atoms with Crippen molar-refractivity contribution in [1.82, 2.24) is 10.3 Å². The molecular weight excluding hydrogens is 477 g/mol. The summed E-state index contributed by atoms with van der Waals surface area (Å²) in [5, 5.41) is 12.9. The van der Waals surface area contributed by atoms with Crippen LogP contribution in [0.25, 0.3) is 0 Å². The molecule has 4 rings (SSSR count). The van der Waals surface area contributed by atoms with Gasteiger partial charge in [-0.2, -0.15) is 0 Å². The van der Waals surface area contributed by atoms with E-state index in [2.05, 4.69) is 10.3 Å². The number of aryl methyl sites for hydroxylation is 2. The number of benzene rings is 3. The van der Waals surface area contributed by atoms with Gasteiger partial charge in [0.2, 0.25) is 0 Å². The number of para-hydroxylation sites is 1. The van der Waals surface area contributed by atoms with Gasteiger partial charge >= 0.3 is 5.97 Å². The summed E-state index contributed by atoms with van der Waals surface area (Å²) in [4.78, 5) is 32.0. The summed E-state index contributed by atoms with van der Waals surface area (Å²) in [6, 6.07) is 21.5. The molecule has 0 saturated carbocycles. The van der Waals surface area contributed by atoms with Crippen molar-refractivity contribution in [2.45, 2.75) is 32.9 Å². The van der Waals surface area contributed by atoms with Gasteiger partial charge in [-0.15, -0.1) is 11.3 Å². The molecule has 0 radical (unpaired) electrons. The molecule has 1 aromatic heterocycles. The van der Waals surface area contributed by atoms with Crippen molar-refractivity contribution < 1.29 is 19.1 Å². The first kappa shape index (κ1) is 25.1. The molecule has 1 heterocycles. The number of anilines is 2. The molecule has 0 saturated heterocycles. The lowest BCUT2D eigenvalue weighted by atomic mass is 10.1. The van der Waals surface area contributed by atoms with Crippen LogP contribution in [0, 0.1) is 19.7 Å². The van der Waals surface area contributed by atoms with Crippen molar-refractivity contribution in [2.24, 2.45) is 0 Å².